The van der Waals surface area contributed by atoms with Crippen molar-refractivity contribution in [1.82, 2.24) is 9.97 Å². The number of carboxylic acid groups (broad SMARTS) is 1. The summed E-state index contributed by atoms with van der Waals surface area (Å²) < 4.78 is 42.4. The second-order valence-corrected chi connectivity index (χ2v) is 11.6. The van der Waals surface area contributed by atoms with Gasteiger partial charge in [-0.15, -0.1) is 0 Å². The highest BCUT2D eigenvalue weighted by molar-refractivity contribution is 7.46. The third-order valence-corrected chi connectivity index (χ3v) is 7.92. The number of carbonyl (C=O) groups is 1. The number of hydrogen-bond acceptors (Lipinski definition) is 9. The Hall–Kier alpha value is -3.54. The lowest BCUT2D eigenvalue weighted by Gasteiger charge is -2.16. The number of hydrogen-bond donors (Lipinski definition) is 4. The van der Waals surface area contributed by atoms with Gasteiger partial charge in [0.05, 0.1) is 31.9 Å². The maximum absolute atomic E-state index is 13.1. The molecule has 2 aromatic carbocycles. The highest BCUT2D eigenvalue weighted by Gasteiger charge is 2.38. The number of benzene rings is 2. The molecule has 13 heteroatoms. The summed E-state index contributed by atoms with van der Waals surface area (Å²) >= 11 is 0. The molecule has 0 atom stereocenters. The van der Waals surface area contributed by atoms with Gasteiger partial charge in [-0.2, -0.15) is 8.78 Å². The van der Waals surface area contributed by atoms with Crippen molar-refractivity contribution in [3.63, 3.8) is 0 Å². The van der Waals surface area contributed by atoms with E-state index in [0.29, 0.717) is 42.2 Å². The van der Waals surface area contributed by atoms with E-state index in [9.17, 15) is 13.6 Å². The van der Waals surface area contributed by atoms with Crippen molar-refractivity contribution in [3.8, 4) is 5.75 Å². The van der Waals surface area contributed by atoms with E-state index < -0.39 is 26.4 Å². The maximum atomic E-state index is 13.1. The molecular formula is C31H36F2N3O7P. The highest BCUT2D eigenvalue weighted by atomic mass is 31.2. The largest absolute Gasteiger partial charge is 0.491 e. The first-order chi connectivity index (χ1) is 21.0. The number of aromatic nitrogens is 2. The SMILES string of the molecule is Cc1cc(OCCOCCOCCC(F)(F)P(O)O)ccc1CCc1cnc2c(N)nc3cc(CCC(=O)O)ccc3c2c1. The van der Waals surface area contributed by atoms with E-state index in [1.54, 1.807) is 0 Å². The Labute approximate surface area is 254 Å². The van der Waals surface area contributed by atoms with Crippen LogP contribution in [0.1, 0.15) is 35.1 Å². The van der Waals surface area contributed by atoms with Crippen molar-refractivity contribution in [2.45, 2.75) is 44.7 Å². The number of fused-ring (bicyclic) bond motifs is 3. The number of anilines is 1. The zero-order chi connectivity index (χ0) is 31.7. The molecule has 0 aliphatic heterocycles. The van der Waals surface area contributed by atoms with Crippen LogP contribution in [0.2, 0.25) is 0 Å². The molecule has 0 unspecified atom stereocenters. The molecule has 236 valence electrons. The molecule has 4 rings (SSSR count). The molecule has 0 bridgehead atoms. The fourth-order valence-electron chi connectivity index (χ4n) is 4.69. The summed E-state index contributed by atoms with van der Waals surface area (Å²) in [7, 11) is -3.31. The number of pyridine rings is 2. The second-order valence-electron chi connectivity index (χ2n) is 10.3. The molecule has 44 heavy (non-hydrogen) atoms. The summed E-state index contributed by atoms with van der Waals surface area (Å²) in [6, 6.07) is 13.8. The molecule has 10 nitrogen and oxygen atoms in total. The molecule has 2 heterocycles. The quantitative estimate of drug-likeness (QED) is 0.0697. The number of nitrogens with zero attached hydrogens (tertiary/aromatic N) is 2. The van der Waals surface area contributed by atoms with Gasteiger partial charge in [-0.05, 0) is 72.7 Å². The summed E-state index contributed by atoms with van der Waals surface area (Å²) in [5.41, 5.74) is 8.24. The number of carboxylic acids is 1. The lowest BCUT2D eigenvalue weighted by atomic mass is 9.99. The predicted octanol–water partition coefficient (Wildman–Crippen LogP) is 5.17. The minimum Gasteiger partial charge on any atom is -0.491 e. The molecule has 0 amide bonds. The van der Waals surface area contributed by atoms with Gasteiger partial charge in [-0.25, -0.2) is 4.98 Å². The Morgan fingerprint density at radius 2 is 1.68 bits per heavy atom. The predicted molar refractivity (Wildman–Crippen MR) is 164 cm³/mol. The molecule has 0 aliphatic carbocycles. The topological polar surface area (TPSA) is 157 Å². The lowest BCUT2D eigenvalue weighted by Crippen LogP contribution is -2.17. The van der Waals surface area contributed by atoms with Crippen LogP contribution in [0.5, 0.6) is 5.75 Å². The first-order valence-electron chi connectivity index (χ1n) is 14.2. The van der Waals surface area contributed by atoms with Crippen LogP contribution < -0.4 is 10.5 Å². The summed E-state index contributed by atoms with van der Waals surface area (Å²) in [6.07, 6.45) is 3.09. The van der Waals surface area contributed by atoms with E-state index in [1.807, 2.05) is 49.5 Å². The Bertz CT molecular complexity index is 1590. The van der Waals surface area contributed by atoms with Crippen LogP contribution in [0.4, 0.5) is 14.6 Å². The van der Waals surface area contributed by atoms with Gasteiger partial charge in [0.15, 0.2) is 5.82 Å². The van der Waals surface area contributed by atoms with Gasteiger partial charge in [-0.1, -0.05) is 18.2 Å². The van der Waals surface area contributed by atoms with Crippen molar-refractivity contribution in [2.24, 2.45) is 0 Å². The van der Waals surface area contributed by atoms with Gasteiger partial charge < -0.3 is 34.8 Å². The number of nitrogen functional groups attached to an aromatic ring is 1. The van der Waals surface area contributed by atoms with Crippen LogP contribution in [-0.2, 0) is 33.5 Å². The fraction of sp³-hybridized carbons (Fsp3) is 0.387. The standard InChI is InChI=1S/C31H36F2N3O7P/c1-20-16-24(43-15-14-42-13-12-41-11-10-31(32,33)44(39)40)7-6-23(20)5-2-22-17-26-25-8-3-21(4-9-28(37)38)18-27(25)36-30(34)29(26)35-19-22/h3,6-8,16-19,39-40H,2,4-5,9-15H2,1H3,(H2,34,36)(H,37,38). The zero-order valence-electron chi connectivity index (χ0n) is 24.3. The Morgan fingerprint density at radius 1 is 0.932 bits per heavy atom. The summed E-state index contributed by atoms with van der Waals surface area (Å²) in [6.45, 7) is 2.66. The minimum absolute atomic E-state index is 0.0499. The molecule has 0 radical (unpaired) electrons. The first kappa shape index (κ1) is 33.4. The van der Waals surface area contributed by atoms with Gasteiger partial charge in [0.25, 0.3) is 0 Å². The van der Waals surface area contributed by atoms with E-state index in [4.69, 9.17) is 34.8 Å². The summed E-state index contributed by atoms with van der Waals surface area (Å²) in [4.78, 5) is 37.3. The molecule has 4 aromatic rings. The molecule has 5 N–H and O–H groups in total. The highest BCUT2D eigenvalue weighted by Crippen LogP contribution is 2.47. The molecule has 0 fully saturated rings. The summed E-state index contributed by atoms with van der Waals surface area (Å²) in [5, 5.41) is 10.8. The number of aliphatic carboxylic acids is 1. The smallest absolute Gasteiger partial charge is 0.316 e. The number of halogens is 2. The molecule has 0 saturated carbocycles. The van der Waals surface area contributed by atoms with Crippen LogP contribution in [0.25, 0.3) is 21.8 Å². The van der Waals surface area contributed by atoms with Gasteiger partial charge in [0.2, 0.25) is 8.38 Å². The number of alkyl halides is 2. The number of nitrogens with two attached hydrogens (primary N) is 1. The van der Waals surface area contributed by atoms with E-state index in [2.05, 4.69) is 16.0 Å². The molecular weight excluding hydrogens is 595 g/mol. The normalized spacial score (nSPS) is 12.0. The van der Waals surface area contributed by atoms with E-state index in [0.717, 1.165) is 40.3 Å². The number of ether oxygens (including phenoxy) is 3. The van der Waals surface area contributed by atoms with E-state index in [1.165, 1.54) is 5.56 Å². The monoisotopic (exact) mass is 631 g/mol. The minimum atomic E-state index is -3.54. The number of rotatable bonds is 17. The van der Waals surface area contributed by atoms with Gasteiger partial charge in [0, 0.05) is 29.8 Å². The fourth-order valence-corrected chi connectivity index (χ4v) is 4.99. The Balaban J connectivity index is 1.26. The average molecular weight is 632 g/mol. The Kier molecular flexibility index (Phi) is 11.7. The average Bonchev–Trinajstić information content (AvgIpc) is 2.98. The van der Waals surface area contributed by atoms with Gasteiger partial charge >= 0.3 is 11.6 Å². The van der Waals surface area contributed by atoms with Crippen molar-refractivity contribution < 1.29 is 42.7 Å². The third kappa shape index (κ3) is 9.23. The Morgan fingerprint density at radius 3 is 2.41 bits per heavy atom. The molecule has 0 aliphatic rings. The molecule has 0 spiro atoms. The first-order valence-corrected chi connectivity index (χ1v) is 15.4. The third-order valence-electron chi connectivity index (χ3n) is 7.11. The van der Waals surface area contributed by atoms with Crippen molar-refractivity contribution in [1.29, 1.82) is 0 Å². The zero-order valence-corrected chi connectivity index (χ0v) is 25.2. The van der Waals surface area contributed by atoms with Crippen LogP contribution in [0.3, 0.4) is 0 Å². The maximum Gasteiger partial charge on any atom is 0.316 e. The number of aryl methyl sites for hydroxylation is 4. The second kappa shape index (κ2) is 15.5. The van der Waals surface area contributed by atoms with Crippen LogP contribution in [0.15, 0.2) is 48.7 Å². The van der Waals surface area contributed by atoms with E-state index in [-0.39, 0.29) is 26.2 Å². The molecule has 2 aromatic heterocycles. The van der Waals surface area contributed by atoms with Crippen LogP contribution in [0, 0.1) is 6.92 Å². The van der Waals surface area contributed by atoms with E-state index >= 15 is 0 Å². The molecule has 0 saturated heterocycles. The summed E-state index contributed by atoms with van der Waals surface area (Å²) in [5.74, 6) is 0.202. The van der Waals surface area contributed by atoms with Gasteiger partial charge in [-0.3, -0.25) is 9.78 Å². The van der Waals surface area contributed by atoms with Crippen LogP contribution >= 0.6 is 8.38 Å². The van der Waals surface area contributed by atoms with Crippen molar-refractivity contribution in [3.05, 3.63) is 70.9 Å². The van der Waals surface area contributed by atoms with Crippen LogP contribution in [-0.4, -0.2) is 69.5 Å². The van der Waals surface area contributed by atoms with Gasteiger partial charge in [0.1, 0.15) is 17.9 Å². The lowest BCUT2D eigenvalue weighted by molar-refractivity contribution is -0.136. The van der Waals surface area contributed by atoms with Crippen molar-refractivity contribution >= 4 is 42.0 Å². The van der Waals surface area contributed by atoms with Crippen molar-refractivity contribution in [2.75, 3.05) is 38.8 Å².